The quantitative estimate of drug-likeness (QED) is 0.184. The van der Waals surface area contributed by atoms with Crippen molar-refractivity contribution >= 4 is 36.6 Å². The van der Waals surface area contributed by atoms with E-state index in [0.717, 1.165) is 6.07 Å². The molecule has 0 radical (unpaired) electrons. The summed E-state index contributed by atoms with van der Waals surface area (Å²) < 4.78 is 83.0. The number of anilines is 4. The first-order valence-electron chi connectivity index (χ1n) is 13.4. The topological polar surface area (TPSA) is 145 Å². The van der Waals surface area contributed by atoms with Gasteiger partial charge in [0.15, 0.2) is 5.69 Å². The van der Waals surface area contributed by atoms with E-state index in [1.54, 1.807) is 17.8 Å². The summed E-state index contributed by atoms with van der Waals surface area (Å²) in [6, 6.07) is 6.80. The molecule has 3 aromatic heterocycles. The maximum atomic E-state index is 15.1. The number of hydrogen-bond donors (Lipinski definition) is 3. The second kappa shape index (κ2) is 12.7. The van der Waals surface area contributed by atoms with Crippen molar-refractivity contribution in [1.29, 1.82) is 0 Å². The maximum absolute atomic E-state index is 15.1. The lowest BCUT2D eigenvalue weighted by atomic mass is 10.1. The van der Waals surface area contributed by atoms with E-state index >= 15 is 4.39 Å². The maximum Gasteiger partial charge on any atom is 0.421 e. The van der Waals surface area contributed by atoms with Gasteiger partial charge in [-0.1, -0.05) is 6.07 Å². The summed E-state index contributed by atoms with van der Waals surface area (Å²) in [6.07, 6.45) is -0.936. The molecular weight excluding hydrogens is 607 g/mol. The highest BCUT2D eigenvalue weighted by Crippen LogP contribution is 2.51. The third-order valence-electron chi connectivity index (χ3n) is 6.42. The predicted molar refractivity (Wildman–Crippen MR) is 152 cm³/mol. The van der Waals surface area contributed by atoms with E-state index in [-0.39, 0.29) is 42.4 Å². The predicted octanol–water partition coefficient (Wildman–Crippen LogP) is 5.89. The number of carbonyl (C=O) groups is 1. The second-order valence-corrected chi connectivity index (χ2v) is 11.6. The molecule has 4 aromatic rings. The summed E-state index contributed by atoms with van der Waals surface area (Å²) in [7, 11) is -2.30. The van der Waals surface area contributed by atoms with Crippen LogP contribution in [0, 0.1) is 5.82 Å². The fourth-order valence-electron chi connectivity index (χ4n) is 4.36. The molecule has 17 heteroatoms. The minimum absolute atomic E-state index is 0.0656. The third-order valence-corrected chi connectivity index (χ3v) is 8.40. The molecule has 0 saturated carbocycles. The van der Waals surface area contributed by atoms with Crippen LogP contribution >= 0.6 is 7.60 Å². The molecule has 1 aromatic carbocycles. The van der Waals surface area contributed by atoms with Crippen LogP contribution < -0.4 is 16.0 Å². The van der Waals surface area contributed by atoms with Crippen molar-refractivity contribution in [3.05, 3.63) is 71.6 Å². The largest absolute Gasteiger partial charge is 0.421 e. The van der Waals surface area contributed by atoms with E-state index in [9.17, 15) is 22.5 Å². The molecule has 232 valence electrons. The van der Waals surface area contributed by atoms with Crippen LogP contribution in [0.5, 0.6) is 0 Å². The fraction of sp³-hybridized carbons (Fsp3) is 0.296. The molecule has 0 saturated heterocycles. The molecule has 1 amide bonds. The van der Waals surface area contributed by atoms with Crippen molar-refractivity contribution in [3.63, 3.8) is 0 Å². The van der Waals surface area contributed by atoms with Crippen LogP contribution in [0.25, 0.3) is 11.3 Å². The first-order valence-corrected chi connectivity index (χ1v) is 15.1. The van der Waals surface area contributed by atoms with Gasteiger partial charge in [-0.05, 0) is 43.2 Å². The number of benzene rings is 1. The standard InChI is InChI=1S/C27H27F4N8O4P/c1-3-42-44(41)15-16-5-6-21(19(28)11-16)37-26-33-13-18(27(29,30)31)24(38-26)36-22-8-7-20(35-23(22)25(40)32-2)17-12-34-39(14-17)9-4-10-43-44/h5-8,11-14H,3-4,9-10,15H2,1-2H3,(H,32,40)(H2,33,36,37,38)/t44-/m1/s1. The average Bonchev–Trinajstić information content (AvgIpc) is 3.45. The van der Waals surface area contributed by atoms with E-state index in [1.165, 1.54) is 37.5 Å². The van der Waals surface area contributed by atoms with Gasteiger partial charge in [0.25, 0.3) is 5.91 Å². The Morgan fingerprint density at radius 2 is 1.95 bits per heavy atom. The molecule has 0 spiro atoms. The lowest BCUT2D eigenvalue weighted by molar-refractivity contribution is -0.137. The van der Waals surface area contributed by atoms with Crippen molar-refractivity contribution in [1.82, 2.24) is 30.0 Å². The zero-order chi connectivity index (χ0) is 31.5. The Kier molecular flexibility index (Phi) is 8.95. The molecule has 0 aliphatic carbocycles. The number of halogens is 4. The van der Waals surface area contributed by atoms with Gasteiger partial charge in [-0.25, -0.2) is 14.4 Å². The van der Waals surface area contributed by atoms with Gasteiger partial charge >= 0.3 is 13.8 Å². The Morgan fingerprint density at radius 1 is 1.16 bits per heavy atom. The monoisotopic (exact) mass is 634 g/mol. The first-order chi connectivity index (χ1) is 21.0. The summed E-state index contributed by atoms with van der Waals surface area (Å²) in [5, 5.41) is 11.8. The number of nitrogens with one attached hydrogen (secondary N) is 3. The highest BCUT2D eigenvalue weighted by Gasteiger charge is 2.36. The van der Waals surface area contributed by atoms with E-state index in [0.29, 0.717) is 36.0 Å². The van der Waals surface area contributed by atoms with Crippen LogP contribution in [-0.4, -0.2) is 50.9 Å². The number of hydrogen-bond acceptors (Lipinski definition) is 10. The zero-order valence-electron chi connectivity index (χ0n) is 23.5. The lowest BCUT2D eigenvalue weighted by Crippen LogP contribution is -2.21. The van der Waals surface area contributed by atoms with Gasteiger partial charge < -0.3 is 25.0 Å². The van der Waals surface area contributed by atoms with E-state index in [1.807, 2.05) is 0 Å². The Hall–Kier alpha value is -4.40. The molecule has 8 bridgehead atoms. The smallest absolute Gasteiger partial charge is 0.354 e. The summed E-state index contributed by atoms with van der Waals surface area (Å²) in [4.78, 5) is 24.8. The fourth-order valence-corrected chi connectivity index (χ4v) is 6.06. The molecule has 0 unspecified atom stereocenters. The van der Waals surface area contributed by atoms with Gasteiger partial charge in [0, 0.05) is 31.5 Å². The molecule has 3 N–H and O–H groups in total. The van der Waals surface area contributed by atoms with E-state index < -0.39 is 36.9 Å². The molecular formula is C27H27F4N8O4P. The van der Waals surface area contributed by atoms with Gasteiger partial charge in [0.1, 0.15) is 17.2 Å². The Morgan fingerprint density at radius 3 is 2.68 bits per heavy atom. The second-order valence-electron chi connectivity index (χ2n) is 9.56. The Labute approximate surface area is 248 Å². The third kappa shape index (κ3) is 7.04. The van der Waals surface area contributed by atoms with Gasteiger partial charge in [-0.3, -0.25) is 14.0 Å². The molecule has 4 aliphatic rings. The average molecular weight is 635 g/mol. The van der Waals surface area contributed by atoms with Gasteiger partial charge in [-0.15, -0.1) is 0 Å². The summed E-state index contributed by atoms with van der Waals surface area (Å²) in [5.74, 6) is -2.54. The SMILES string of the molecule is CCO[P@]1(=O)Cc2ccc(c(F)c2)Nc2ncc(C(F)(F)F)c(n2)Nc2ccc(nc2C(=O)NC)-c2cnn(c2)CCCO1. The number of pyridine rings is 1. The number of aryl methyl sites for hydroxylation is 1. The number of alkyl halides is 3. The van der Waals surface area contributed by atoms with Crippen molar-refractivity contribution in [2.75, 3.05) is 30.9 Å². The number of aromatic nitrogens is 5. The van der Waals surface area contributed by atoms with Gasteiger partial charge in [0.2, 0.25) is 5.95 Å². The van der Waals surface area contributed by atoms with Crippen LogP contribution in [0.2, 0.25) is 0 Å². The number of carbonyl (C=O) groups excluding carboxylic acids is 1. The lowest BCUT2D eigenvalue weighted by Gasteiger charge is -2.19. The van der Waals surface area contributed by atoms with Crippen molar-refractivity contribution < 1.29 is 36.0 Å². The minimum atomic E-state index is -4.87. The highest BCUT2D eigenvalue weighted by atomic mass is 31.2. The minimum Gasteiger partial charge on any atom is -0.354 e. The summed E-state index contributed by atoms with van der Waals surface area (Å²) in [6.45, 7) is 2.21. The number of rotatable bonds is 3. The Bertz CT molecular complexity index is 1730. The summed E-state index contributed by atoms with van der Waals surface area (Å²) >= 11 is 0. The first kappa shape index (κ1) is 31.0. The molecule has 0 fully saturated rings. The van der Waals surface area contributed by atoms with Crippen molar-refractivity contribution in [3.8, 4) is 11.3 Å². The number of amides is 1. The molecule has 12 nitrogen and oxygen atoms in total. The highest BCUT2D eigenvalue weighted by molar-refractivity contribution is 7.53. The van der Waals surface area contributed by atoms with Crippen molar-refractivity contribution in [2.24, 2.45) is 0 Å². The Balaban J connectivity index is 1.61. The van der Waals surface area contributed by atoms with Crippen LogP contribution in [0.3, 0.4) is 0 Å². The van der Waals surface area contributed by atoms with Crippen LogP contribution in [-0.2, 0) is 32.5 Å². The van der Waals surface area contributed by atoms with Crippen molar-refractivity contribution in [2.45, 2.75) is 32.2 Å². The summed E-state index contributed by atoms with van der Waals surface area (Å²) in [5.41, 5.74) is -0.459. The zero-order valence-corrected chi connectivity index (χ0v) is 24.4. The van der Waals surface area contributed by atoms with E-state index in [2.05, 4.69) is 36.0 Å². The molecule has 1 atom stereocenters. The van der Waals surface area contributed by atoms with Crippen LogP contribution in [0.15, 0.2) is 48.9 Å². The van der Waals surface area contributed by atoms with E-state index in [4.69, 9.17) is 9.05 Å². The number of nitrogens with zero attached hydrogens (tertiary/aromatic N) is 5. The van der Waals surface area contributed by atoms with Crippen LogP contribution in [0.4, 0.5) is 40.7 Å². The molecule has 4 aliphatic heterocycles. The van der Waals surface area contributed by atoms with Crippen LogP contribution in [0.1, 0.15) is 35.0 Å². The normalized spacial score (nSPS) is 17.2. The molecule has 7 heterocycles. The molecule has 8 rings (SSSR count). The van der Waals surface area contributed by atoms with Gasteiger partial charge in [-0.2, -0.15) is 23.3 Å². The molecule has 44 heavy (non-hydrogen) atoms. The van der Waals surface area contributed by atoms with Gasteiger partial charge in [0.05, 0.1) is 42.6 Å².